The topological polar surface area (TPSA) is 77.7 Å². The lowest BCUT2D eigenvalue weighted by molar-refractivity contribution is -0.132. The number of ether oxygens (including phenoxy) is 2. The third kappa shape index (κ3) is 5.54. The first kappa shape index (κ1) is 21.3. The number of methoxy groups -OCH3 is 1. The van der Waals surface area contributed by atoms with Gasteiger partial charge in [-0.2, -0.15) is 18.2 Å². The average molecular weight is 413 g/mol. The SMILES string of the molecule is COC1(c2nc(CC(F)(F)F)no2)CCN(Cc2ccc(OC(C)=O)cc2)CC1. The summed E-state index contributed by atoms with van der Waals surface area (Å²) in [4.78, 5) is 17.1. The number of alkyl halides is 3. The normalized spacial score (nSPS) is 17.3. The molecular formula is C19H22F3N3O4. The van der Waals surface area contributed by atoms with E-state index in [0.29, 0.717) is 38.2 Å². The van der Waals surface area contributed by atoms with Crippen LogP contribution in [0.4, 0.5) is 13.2 Å². The van der Waals surface area contributed by atoms with E-state index in [1.165, 1.54) is 14.0 Å². The summed E-state index contributed by atoms with van der Waals surface area (Å²) >= 11 is 0. The van der Waals surface area contributed by atoms with Crippen LogP contribution in [0.15, 0.2) is 28.8 Å². The molecule has 0 atom stereocenters. The molecule has 1 aliphatic rings. The molecule has 0 spiro atoms. The lowest BCUT2D eigenvalue weighted by Crippen LogP contribution is -2.43. The summed E-state index contributed by atoms with van der Waals surface area (Å²) in [6, 6.07) is 7.25. The zero-order valence-electron chi connectivity index (χ0n) is 16.2. The third-order valence-corrected chi connectivity index (χ3v) is 4.86. The van der Waals surface area contributed by atoms with E-state index in [4.69, 9.17) is 14.0 Å². The first-order chi connectivity index (χ1) is 13.7. The van der Waals surface area contributed by atoms with Gasteiger partial charge in [0.2, 0.25) is 0 Å². The number of esters is 1. The van der Waals surface area contributed by atoms with Crippen LogP contribution in [0.3, 0.4) is 0 Å². The Morgan fingerprint density at radius 3 is 2.45 bits per heavy atom. The van der Waals surface area contributed by atoms with Crippen molar-refractivity contribution in [2.75, 3.05) is 20.2 Å². The van der Waals surface area contributed by atoms with Crippen molar-refractivity contribution < 1.29 is 32.0 Å². The highest BCUT2D eigenvalue weighted by Gasteiger charge is 2.42. The molecule has 1 aromatic heterocycles. The monoisotopic (exact) mass is 413 g/mol. The lowest BCUT2D eigenvalue weighted by Gasteiger charge is -2.38. The summed E-state index contributed by atoms with van der Waals surface area (Å²) in [6.45, 7) is 3.33. The minimum absolute atomic E-state index is 0.0876. The predicted octanol–water partition coefficient (Wildman–Crippen LogP) is 3.24. The number of hydrogen-bond donors (Lipinski definition) is 0. The summed E-state index contributed by atoms with van der Waals surface area (Å²) in [7, 11) is 1.50. The maximum absolute atomic E-state index is 12.5. The van der Waals surface area contributed by atoms with Crippen LogP contribution in [-0.2, 0) is 28.1 Å². The van der Waals surface area contributed by atoms with Gasteiger partial charge in [0.05, 0.1) is 0 Å². The average Bonchev–Trinajstić information content (AvgIpc) is 3.11. The molecule has 7 nitrogen and oxygen atoms in total. The zero-order chi connectivity index (χ0) is 21.1. The van der Waals surface area contributed by atoms with Gasteiger partial charge >= 0.3 is 12.1 Å². The highest BCUT2D eigenvalue weighted by Crippen LogP contribution is 2.36. The van der Waals surface area contributed by atoms with Crippen molar-refractivity contribution in [3.05, 3.63) is 41.5 Å². The maximum atomic E-state index is 12.5. The van der Waals surface area contributed by atoms with Crippen molar-refractivity contribution in [2.45, 2.75) is 44.5 Å². The van der Waals surface area contributed by atoms with Gasteiger partial charge in [-0.3, -0.25) is 9.69 Å². The standard InChI is InChI=1S/C19H22F3N3O4/c1-13(26)28-15-5-3-14(4-6-15)12-25-9-7-18(27-2,8-10-25)17-23-16(24-29-17)11-19(20,21)22/h3-6H,7-12H2,1-2H3. The number of benzene rings is 1. The fourth-order valence-electron chi connectivity index (χ4n) is 3.35. The number of likely N-dealkylation sites (tertiary alicyclic amines) is 1. The Morgan fingerprint density at radius 2 is 1.90 bits per heavy atom. The molecule has 0 aliphatic carbocycles. The number of hydrogen-bond acceptors (Lipinski definition) is 7. The van der Waals surface area contributed by atoms with Crippen molar-refractivity contribution in [2.24, 2.45) is 0 Å². The Hall–Kier alpha value is -2.46. The molecule has 1 aliphatic heterocycles. The van der Waals surface area contributed by atoms with E-state index in [1.807, 2.05) is 12.1 Å². The molecule has 1 fully saturated rings. The quantitative estimate of drug-likeness (QED) is 0.531. The summed E-state index contributed by atoms with van der Waals surface area (Å²) in [5.74, 6) is -0.183. The summed E-state index contributed by atoms with van der Waals surface area (Å²) in [6.07, 6.45) is -4.59. The molecular weight excluding hydrogens is 391 g/mol. The molecule has 1 aromatic carbocycles. The molecule has 29 heavy (non-hydrogen) atoms. The van der Waals surface area contributed by atoms with Gasteiger partial charge in [-0.15, -0.1) is 0 Å². The molecule has 0 amide bonds. The molecule has 0 N–H and O–H groups in total. The Kier molecular flexibility index (Phi) is 6.23. The van der Waals surface area contributed by atoms with Crippen molar-refractivity contribution in [3.8, 4) is 5.75 Å². The van der Waals surface area contributed by atoms with Gasteiger partial charge < -0.3 is 14.0 Å². The molecule has 0 unspecified atom stereocenters. The summed E-state index contributed by atoms with van der Waals surface area (Å²) in [5.41, 5.74) is 0.170. The van der Waals surface area contributed by atoms with Crippen LogP contribution in [-0.4, -0.2) is 47.4 Å². The second-order valence-electron chi connectivity index (χ2n) is 7.02. The van der Waals surface area contributed by atoms with Crippen molar-refractivity contribution in [1.82, 2.24) is 15.0 Å². The number of halogens is 3. The predicted molar refractivity (Wildman–Crippen MR) is 95.0 cm³/mol. The highest BCUT2D eigenvalue weighted by molar-refractivity contribution is 5.69. The van der Waals surface area contributed by atoms with Crippen LogP contribution >= 0.6 is 0 Å². The molecule has 158 valence electrons. The second kappa shape index (κ2) is 8.50. The maximum Gasteiger partial charge on any atom is 0.396 e. The second-order valence-corrected chi connectivity index (χ2v) is 7.02. The minimum Gasteiger partial charge on any atom is -0.427 e. The molecule has 1 saturated heterocycles. The third-order valence-electron chi connectivity index (χ3n) is 4.86. The van der Waals surface area contributed by atoms with Crippen molar-refractivity contribution in [1.29, 1.82) is 0 Å². The smallest absolute Gasteiger partial charge is 0.396 e. The first-order valence-electron chi connectivity index (χ1n) is 9.14. The number of piperidine rings is 1. The van der Waals surface area contributed by atoms with Crippen LogP contribution in [0.2, 0.25) is 0 Å². The van der Waals surface area contributed by atoms with Crippen LogP contribution in [0.5, 0.6) is 5.75 Å². The fraction of sp³-hybridized carbons (Fsp3) is 0.526. The molecule has 2 heterocycles. The first-order valence-corrected chi connectivity index (χ1v) is 9.14. The molecule has 10 heteroatoms. The van der Waals surface area contributed by atoms with E-state index in [9.17, 15) is 18.0 Å². The van der Waals surface area contributed by atoms with Gasteiger partial charge in [0.1, 0.15) is 17.8 Å². The van der Waals surface area contributed by atoms with Gasteiger partial charge in [-0.1, -0.05) is 17.3 Å². The largest absolute Gasteiger partial charge is 0.427 e. The zero-order valence-corrected chi connectivity index (χ0v) is 16.2. The van der Waals surface area contributed by atoms with Gasteiger partial charge in [0.25, 0.3) is 5.89 Å². The van der Waals surface area contributed by atoms with Gasteiger partial charge in [0, 0.05) is 33.7 Å². The highest BCUT2D eigenvalue weighted by atomic mass is 19.4. The van der Waals surface area contributed by atoms with Crippen molar-refractivity contribution in [3.63, 3.8) is 0 Å². The Morgan fingerprint density at radius 1 is 1.24 bits per heavy atom. The Labute approximate surface area is 165 Å². The van der Waals surface area contributed by atoms with E-state index in [0.717, 1.165) is 5.56 Å². The van der Waals surface area contributed by atoms with E-state index < -0.39 is 18.2 Å². The summed E-state index contributed by atoms with van der Waals surface area (Å²) in [5, 5.41) is 3.45. The van der Waals surface area contributed by atoms with E-state index in [-0.39, 0.29) is 17.7 Å². The number of carbonyl (C=O) groups is 1. The van der Waals surface area contributed by atoms with Crippen molar-refractivity contribution >= 4 is 5.97 Å². The molecule has 0 bridgehead atoms. The van der Waals surface area contributed by atoms with E-state index in [2.05, 4.69) is 15.0 Å². The van der Waals surface area contributed by atoms with Crippen LogP contribution in [0.1, 0.15) is 37.0 Å². The molecule has 0 radical (unpaired) electrons. The molecule has 2 aromatic rings. The molecule has 3 rings (SSSR count). The Balaban J connectivity index is 1.60. The van der Waals surface area contributed by atoms with Gasteiger partial charge in [-0.25, -0.2) is 0 Å². The van der Waals surface area contributed by atoms with Crippen LogP contribution in [0.25, 0.3) is 0 Å². The lowest BCUT2D eigenvalue weighted by atomic mass is 9.90. The number of nitrogens with zero attached hydrogens (tertiary/aromatic N) is 3. The number of aromatic nitrogens is 2. The van der Waals surface area contributed by atoms with E-state index in [1.54, 1.807) is 12.1 Å². The number of rotatable bonds is 6. The minimum atomic E-state index is -4.39. The Bertz CT molecular complexity index is 828. The fourth-order valence-corrected chi connectivity index (χ4v) is 3.35. The summed E-state index contributed by atoms with van der Waals surface area (Å²) < 4.78 is 53.3. The van der Waals surface area contributed by atoms with E-state index >= 15 is 0 Å². The molecule has 0 saturated carbocycles. The van der Waals surface area contributed by atoms with Gasteiger partial charge in [0.15, 0.2) is 5.82 Å². The van der Waals surface area contributed by atoms with Gasteiger partial charge in [-0.05, 0) is 30.5 Å². The number of carbonyl (C=O) groups excluding carboxylic acids is 1. The van der Waals surface area contributed by atoms with Crippen LogP contribution < -0.4 is 4.74 Å². The van der Waals surface area contributed by atoms with Crippen LogP contribution in [0, 0.1) is 0 Å².